The Balaban J connectivity index is 0. The van der Waals surface area contributed by atoms with Crippen LogP contribution in [0.25, 0.3) is 0 Å². The zero-order valence-electron chi connectivity index (χ0n) is 6.80. The van der Waals surface area contributed by atoms with E-state index in [0.29, 0.717) is 0 Å². The molecule has 0 unspecified atom stereocenters. The van der Waals surface area contributed by atoms with E-state index in [1.54, 1.807) is 0 Å². The molecule has 0 N–H and O–H groups in total. The van der Waals surface area contributed by atoms with Crippen molar-refractivity contribution < 1.29 is 166 Å². The van der Waals surface area contributed by atoms with Crippen molar-refractivity contribution in [1.29, 1.82) is 0 Å². The molecule has 15 heavy (non-hydrogen) atoms. The molecule has 0 aliphatic rings. The van der Waals surface area contributed by atoms with Gasteiger partial charge in [-0.15, -0.1) is 0 Å². The predicted octanol–water partition coefficient (Wildman–Crippen LogP) is -1.08. The number of hydrogen-bond donors (Lipinski definition) is 0. The van der Waals surface area contributed by atoms with Crippen molar-refractivity contribution in [3.8, 4) is 0 Å². The first-order valence-corrected chi connectivity index (χ1v) is 0. The zero-order chi connectivity index (χ0) is 0. The maximum atomic E-state index is 0. The maximum Gasteiger partial charge on any atom is 4.00 e. The average Bonchev–Trinajstić information content (AvgIpc) is 0. The summed E-state index contributed by atoms with van der Waals surface area (Å²) in [7, 11) is 0. The van der Waals surface area contributed by atoms with Gasteiger partial charge in [0.1, 0.15) is 0 Å². The second-order valence-electron chi connectivity index (χ2n) is 0. The largest absolute Gasteiger partial charge is 4.00 e. The molecule has 0 aliphatic carbocycles. The Hall–Kier alpha value is 3.35. The van der Waals surface area contributed by atoms with Crippen LogP contribution in [0.3, 0.4) is 0 Å². The van der Waals surface area contributed by atoms with Gasteiger partial charge < -0.3 is 49.3 Å². The van der Waals surface area contributed by atoms with Crippen molar-refractivity contribution in [2.45, 2.75) is 0 Å². The van der Waals surface area contributed by atoms with Crippen LogP contribution in [-0.2, 0) is 166 Å². The van der Waals surface area contributed by atoms with Gasteiger partial charge in [0.25, 0.3) is 0 Å². The summed E-state index contributed by atoms with van der Waals surface area (Å²) in [4.78, 5) is 0. The molecule has 0 saturated heterocycles. The summed E-state index contributed by atoms with van der Waals surface area (Å²) < 4.78 is 0. The molecule has 2 radical (unpaired) electrons. The topological polar surface area (TPSA) is 256 Å². The predicted molar refractivity (Wildman–Crippen MR) is 6.18 cm³/mol. The molecule has 0 amide bonds. The molecule has 0 aromatic heterocycles. The van der Waals surface area contributed by atoms with E-state index in [-0.39, 0.29) is 166 Å². The molecule has 9 nitrogen and oxygen atoms in total. The molecular formula is Fe2O9Ti2Zn2. The third-order valence-corrected chi connectivity index (χ3v) is 0. The van der Waals surface area contributed by atoms with Crippen molar-refractivity contribution >= 4 is 0 Å². The van der Waals surface area contributed by atoms with Crippen LogP contribution < -0.4 is 0 Å². The van der Waals surface area contributed by atoms with Crippen LogP contribution in [-0.4, -0.2) is 0 Å². The molecule has 0 fully saturated rings. The van der Waals surface area contributed by atoms with E-state index < -0.39 is 0 Å². The van der Waals surface area contributed by atoms with Crippen molar-refractivity contribution in [3.63, 3.8) is 0 Å². The van der Waals surface area contributed by atoms with Gasteiger partial charge in [-0.05, 0) is 0 Å². The van der Waals surface area contributed by atoms with Crippen LogP contribution in [0.4, 0.5) is 0 Å². The van der Waals surface area contributed by atoms with Gasteiger partial charge in [0, 0.05) is 0 Å². The Bertz CT molecular complexity index is 24.1. The molecule has 0 aromatic rings. The van der Waals surface area contributed by atoms with Crippen LogP contribution in [0.2, 0.25) is 0 Å². The molecule has 15 heteroatoms. The Kier molecular flexibility index (Phi) is 13500. The summed E-state index contributed by atoms with van der Waals surface area (Å²) in [6.07, 6.45) is 0. The fraction of sp³-hybridized carbons (Fsp3) is 0. The zero-order valence-corrected chi connectivity index (χ0v) is 18.1. The molecule has 0 bridgehead atoms. The third-order valence-electron chi connectivity index (χ3n) is 0. The quantitative estimate of drug-likeness (QED) is 0.373. The van der Waals surface area contributed by atoms with E-state index in [1.165, 1.54) is 0 Å². The minimum absolute atomic E-state index is 0. The van der Waals surface area contributed by atoms with Crippen LogP contribution in [0.1, 0.15) is 0 Å². The molecule has 0 spiro atoms. The van der Waals surface area contributed by atoms with Crippen molar-refractivity contribution in [3.05, 3.63) is 0 Å². The van der Waals surface area contributed by atoms with E-state index in [1.807, 2.05) is 0 Å². The van der Waals surface area contributed by atoms with Gasteiger partial charge in [-0.2, -0.15) is 0 Å². The standard InChI is InChI=1S/2Fe.9O.2Ti.2Zn/q2*+3;9*-2;2*+4;2*+2. The van der Waals surface area contributed by atoms with Crippen LogP contribution in [0, 0.1) is 0 Å². The van der Waals surface area contributed by atoms with Gasteiger partial charge in [0.15, 0.2) is 0 Å². The number of rotatable bonds is 0. The van der Waals surface area contributed by atoms with Gasteiger partial charge in [-0.3, -0.25) is 0 Å². The fourth-order valence-corrected chi connectivity index (χ4v) is 0. The van der Waals surface area contributed by atoms with Gasteiger partial charge in [-0.25, -0.2) is 0 Å². The second kappa shape index (κ2) is 413. The molecule has 0 atom stereocenters. The number of hydrogen-bond acceptors (Lipinski definition) is 0. The molecule has 0 heterocycles. The monoisotopic (exact) mass is 480 g/mol. The van der Waals surface area contributed by atoms with Crippen LogP contribution in [0.15, 0.2) is 0 Å². The summed E-state index contributed by atoms with van der Waals surface area (Å²) in [6, 6.07) is 0. The summed E-state index contributed by atoms with van der Waals surface area (Å²) >= 11 is 0. The molecule has 0 aliphatic heterocycles. The Morgan fingerprint density at radius 2 is 0.267 bits per heavy atom. The first kappa shape index (κ1) is 491. The van der Waals surface area contributed by atoms with E-state index in [0.717, 1.165) is 0 Å². The minimum atomic E-state index is 0. The minimum Gasteiger partial charge on any atom is -2.00 e. The van der Waals surface area contributed by atoms with Crippen molar-refractivity contribution in [2.24, 2.45) is 0 Å². The Morgan fingerprint density at radius 3 is 0.267 bits per heavy atom. The summed E-state index contributed by atoms with van der Waals surface area (Å²) in [5.41, 5.74) is 0. The first-order valence-electron chi connectivity index (χ1n) is 0. The molecule has 82 valence electrons. The summed E-state index contributed by atoms with van der Waals surface area (Å²) in [5.74, 6) is 0. The first-order chi connectivity index (χ1) is 0. The van der Waals surface area contributed by atoms with Gasteiger partial charge in [0.2, 0.25) is 0 Å². The SMILES string of the molecule is [Fe+3].[Fe+3].[O-2].[O-2].[O-2].[O-2].[O-2].[O-2].[O-2].[O-2].[O-2].[Ti+4].[Ti+4].[Zn+2].[Zn+2]. The normalized spacial score (nSPS) is 0. The average molecular weight is 482 g/mol. The van der Waals surface area contributed by atoms with Gasteiger partial charge in [0.05, 0.1) is 0 Å². The van der Waals surface area contributed by atoms with Crippen LogP contribution in [0.5, 0.6) is 0 Å². The molecular weight excluding hydrogens is 482 g/mol. The second-order valence-corrected chi connectivity index (χ2v) is 0. The maximum absolute atomic E-state index is 0. The molecule has 0 aromatic carbocycles. The summed E-state index contributed by atoms with van der Waals surface area (Å²) in [6.45, 7) is 0. The van der Waals surface area contributed by atoms with Gasteiger partial charge in [-0.1, -0.05) is 0 Å². The smallest absolute Gasteiger partial charge is 2.00 e. The fourth-order valence-electron chi connectivity index (χ4n) is 0. The van der Waals surface area contributed by atoms with Crippen LogP contribution >= 0.6 is 0 Å². The Labute approximate surface area is 164 Å². The van der Waals surface area contributed by atoms with E-state index >= 15 is 0 Å². The Morgan fingerprint density at radius 1 is 0.267 bits per heavy atom. The van der Waals surface area contributed by atoms with E-state index in [2.05, 4.69) is 0 Å². The van der Waals surface area contributed by atoms with Crippen molar-refractivity contribution in [2.75, 3.05) is 0 Å². The third kappa shape index (κ3) is 364. The van der Waals surface area contributed by atoms with E-state index in [4.69, 9.17) is 0 Å². The summed E-state index contributed by atoms with van der Waals surface area (Å²) in [5, 5.41) is 0. The molecule has 0 saturated carbocycles. The van der Waals surface area contributed by atoms with E-state index in [9.17, 15) is 0 Å². The molecule has 0 rings (SSSR count). The van der Waals surface area contributed by atoms with Crippen molar-refractivity contribution in [1.82, 2.24) is 0 Å². The van der Waals surface area contributed by atoms with Gasteiger partial charge >= 0.3 is 117 Å².